The van der Waals surface area contributed by atoms with Gasteiger partial charge in [0.1, 0.15) is 0 Å². The first-order valence-electron chi connectivity index (χ1n) is 8.63. The predicted octanol–water partition coefficient (Wildman–Crippen LogP) is 0.298. The maximum absolute atomic E-state index is 11.4. The molecule has 1 unspecified atom stereocenters. The van der Waals surface area contributed by atoms with Gasteiger partial charge in [-0.15, -0.1) is 0 Å². The van der Waals surface area contributed by atoms with Crippen LogP contribution in [-0.4, -0.2) is 41.9 Å². The standard InChI is InChI=1S/C16H30O7S.Na.H/c1-2-3-4-5-6-7-8-9-10-11-12-23-15(17)13-14(16(18)19)24(20,21)22;;/h14H,2-13H2,1H3,(H,18,19)(H,20,21,22);;/q;+1;-1. The van der Waals surface area contributed by atoms with Crippen LogP contribution in [0.3, 0.4) is 0 Å². The molecule has 9 heteroatoms. The molecular formula is C16H31NaO7S. The molecule has 0 aliphatic rings. The van der Waals surface area contributed by atoms with Crippen molar-refractivity contribution in [3.05, 3.63) is 0 Å². The largest absolute Gasteiger partial charge is 1.00 e. The van der Waals surface area contributed by atoms with Gasteiger partial charge in [0, 0.05) is 0 Å². The Balaban J connectivity index is -0.00000264. The SMILES string of the molecule is CCCCCCCCCCCCOC(=O)CC(C(=O)O)S(=O)(=O)O.[H-].[Na+]. The molecule has 0 saturated heterocycles. The Morgan fingerprint density at radius 3 is 1.80 bits per heavy atom. The van der Waals surface area contributed by atoms with E-state index in [1.807, 2.05) is 0 Å². The van der Waals surface area contributed by atoms with Gasteiger partial charge in [-0.05, 0) is 6.42 Å². The molecule has 0 radical (unpaired) electrons. The van der Waals surface area contributed by atoms with Gasteiger partial charge < -0.3 is 11.3 Å². The molecule has 0 amide bonds. The van der Waals surface area contributed by atoms with Crippen LogP contribution >= 0.6 is 0 Å². The van der Waals surface area contributed by atoms with Crippen molar-refractivity contribution in [1.82, 2.24) is 0 Å². The molecule has 25 heavy (non-hydrogen) atoms. The molecule has 1 atom stereocenters. The van der Waals surface area contributed by atoms with Gasteiger partial charge in [0.2, 0.25) is 0 Å². The Morgan fingerprint density at radius 1 is 0.960 bits per heavy atom. The van der Waals surface area contributed by atoms with Crippen LogP contribution in [0.15, 0.2) is 0 Å². The molecule has 0 aromatic heterocycles. The zero-order valence-corrected chi connectivity index (χ0v) is 18.2. The van der Waals surface area contributed by atoms with Crippen molar-refractivity contribution >= 4 is 22.1 Å². The Kier molecular flexibility index (Phi) is 17.4. The third kappa shape index (κ3) is 15.8. The molecule has 2 N–H and O–H groups in total. The van der Waals surface area contributed by atoms with Crippen LogP contribution in [0.5, 0.6) is 0 Å². The summed E-state index contributed by atoms with van der Waals surface area (Å²) in [5.41, 5.74) is 0. The van der Waals surface area contributed by atoms with Gasteiger partial charge in [-0.1, -0.05) is 64.7 Å². The van der Waals surface area contributed by atoms with Crippen LogP contribution in [0.25, 0.3) is 0 Å². The van der Waals surface area contributed by atoms with Gasteiger partial charge in [0.05, 0.1) is 13.0 Å². The molecule has 0 aliphatic heterocycles. The number of carbonyl (C=O) groups excluding carboxylic acids is 1. The fourth-order valence-corrected chi connectivity index (χ4v) is 2.91. The van der Waals surface area contributed by atoms with Crippen molar-refractivity contribution in [1.29, 1.82) is 0 Å². The minimum absolute atomic E-state index is 0. The Labute approximate surface area is 174 Å². The van der Waals surface area contributed by atoms with Crippen LogP contribution in [-0.2, 0) is 24.4 Å². The number of carboxylic acids is 1. The first-order chi connectivity index (χ1) is 11.3. The van der Waals surface area contributed by atoms with E-state index in [0.29, 0.717) is 6.42 Å². The molecule has 0 bridgehead atoms. The van der Waals surface area contributed by atoms with E-state index < -0.39 is 33.7 Å². The van der Waals surface area contributed by atoms with E-state index in [1.165, 1.54) is 38.5 Å². The van der Waals surface area contributed by atoms with Crippen molar-refractivity contribution in [3.8, 4) is 0 Å². The number of rotatable bonds is 15. The van der Waals surface area contributed by atoms with Crippen molar-refractivity contribution in [2.24, 2.45) is 0 Å². The molecule has 0 saturated carbocycles. The topological polar surface area (TPSA) is 118 Å². The van der Waals surface area contributed by atoms with E-state index in [2.05, 4.69) is 6.92 Å². The molecular weight excluding hydrogens is 359 g/mol. The zero-order chi connectivity index (χ0) is 18.4. The average molecular weight is 390 g/mol. The van der Waals surface area contributed by atoms with Crippen LogP contribution in [0, 0.1) is 0 Å². The number of hydrogen-bond acceptors (Lipinski definition) is 5. The summed E-state index contributed by atoms with van der Waals surface area (Å²) in [7, 11) is -4.81. The minimum Gasteiger partial charge on any atom is -1.00 e. The molecule has 0 aromatic carbocycles. The summed E-state index contributed by atoms with van der Waals surface area (Å²) < 4.78 is 35.2. The number of ether oxygens (including phenoxy) is 1. The van der Waals surface area contributed by atoms with E-state index in [1.54, 1.807) is 0 Å². The van der Waals surface area contributed by atoms with Gasteiger partial charge >= 0.3 is 41.5 Å². The van der Waals surface area contributed by atoms with Crippen LogP contribution < -0.4 is 29.6 Å². The fraction of sp³-hybridized carbons (Fsp3) is 0.875. The number of carbonyl (C=O) groups is 2. The van der Waals surface area contributed by atoms with E-state index in [9.17, 15) is 18.0 Å². The third-order valence-corrected chi connectivity index (χ3v) is 4.84. The molecule has 0 spiro atoms. The molecule has 0 aliphatic carbocycles. The van der Waals surface area contributed by atoms with Gasteiger partial charge in [0.25, 0.3) is 10.1 Å². The smallest absolute Gasteiger partial charge is 1.00 e. The molecule has 0 rings (SSSR count). The van der Waals surface area contributed by atoms with Gasteiger partial charge in [-0.2, -0.15) is 8.42 Å². The molecule has 7 nitrogen and oxygen atoms in total. The fourth-order valence-electron chi connectivity index (χ4n) is 2.31. The number of esters is 1. The van der Waals surface area contributed by atoms with Crippen molar-refractivity contribution in [3.63, 3.8) is 0 Å². The van der Waals surface area contributed by atoms with Gasteiger partial charge in [-0.3, -0.25) is 14.1 Å². The first kappa shape index (κ1) is 27.1. The number of aliphatic carboxylic acids is 1. The third-order valence-electron chi connectivity index (χ3n) is 3.75. The normalized spacial score (nSPS) is 12.2. The van der Waals surface area contributed by atoms with Crippen LogP contribution in [0.2, 0.25) is 0 Å². The number of hydrogen-bond donors (Lipinski definition) is 2. The van der Waals surface area contributed by atoms with Crippen molar-refractivity contribution in [2.75, 3.05) is 6.61 Å². The molecule has 0 aromatic rings. The summed E-state index contributed by atoms with van der Waals surface area (Å²) >= 11 is 0. The molecule has 0 heterocycles. The van der Waals surface area contributed by atoms with E-state index in [-0.39, 0.29) is 37.6 Å². The van der Waals surface area contributed by atoms with E-state index >= 15 is 0 Å². The second-order valence-corrected chi connectivity index (χ2v) is 7.55. The summed E-state index contributed by atoms with van der Waals surface area (Å²) in [6.07, 6.45) is 10.5. The van der Waals surface area contributed by atoms with E-state index in [0.717, 1.165) is 19.3 Å². The molecule has 0 fully saturated rings. The summed E-state index contributed by atoms with van der Waals surface area (Å²) in [5.74, 6) is -2.70. The Morgan fingerprint density at radius 2 is 1.40 bits per heavy atom. The summed E-state index contributed by atoms with van der Waals surface area (Å²) in [5, 5.41) is 6.50. The van der Waals surface area contributed by atoms with E-state index in [4.69, 9.17) is 14.4 Å². The number of unbranched alkanes of at least 4 members (excludes halogenated alkanes) is 9. The Bertz CT molecular complexity index is 471. The summed E-state index contributed by atoms with van der Waals surface area (Å²) in [6, 6.07) is 0. The van der Waals surface area contributed by atoms with Crippen molar-refractivity contribution in [2.45, 2.75) is 82.8 Å². The summed E-state index contributed by atoms with van der Waals surface area (Å²) in [6.45, 7) is 2.32. The van der Waals surface area contributed by atoms with Gasteiger partial charge in [0.15, 0.2) is 5.25 Å². The quantitative estimate of drug-likeness (QED) is 0.179. The Hall–Kier alpha value is -0.150. The van der Waals surface area contributed by atoms with Gasteiger partial charge in [-0.25, -0.2) is 0 Å². The van der Waals surface area contributed by atoms with Crippen molar-refractivity contribution < 1.29 is 63.4 Å². The average Bonchev–Trinajstić information content (AvgIpc) is 2.48. The number of carboxylic acid groups (broad SMARTS) is 1. The predicted molar refractivity (Wildman–Crippen MR) is 91.5 cm³/mol. The van der Waals surface area contributed by atoms with Crippen LogP contribution in [0.4, 0.5) is 0 Å². The van der Waals surface area contributed by atoms with Crippen LogP contribution in [0.1, 0.15) is 79.0 Å². The molecule has 144 valence electrons. The zero-order valence-electron chi connectivity index (χ0n) is 16.4. The second kappa shape index (κ2) is 16.1. The minimum atomic E-state index is -4.81. The second-order valence-electron chi connectivity index (χ2n) is 5.95. The maximum atomic E-state index is 11.4. The maximum Gasteiger partial charge on any atom is 1.00 e. The monoisotopic (exact) mass is 390 g/mol. The summed E-state index contributed by atoms with van der Waals surface area (Å²) in [4.78, 5) is 22.1. The first-order valence-corrected chi connectivity index (χ1v) is 10.1.